The number of thiazole rings is 1. The maximum atomic E-state index is 11.8. The van der Waals surface area contributed by atoms with Crippen LogP contribution in [-0.4, -0.2) is 27.1 Å². The largest absolute Gasteiger partial charge is 0.507 e. The average Bonchev–Trinajstić information content (AvgIpc) is 3.28. The summed E-state index contributed by atoms with van der Waals surface area (Å²) in [6, 6.07) is 8.51. The third kappa shape index (κ3) is 3.79. The summed E-state index contributed by atoms with van der Waals surface area (Å²) in [5.74, 6) is -1.11. The number of nitrogens with zero attached hydrogens (tertiary/aromatic N) is 1. The topological polar surface area (TPSA) is 99.5 Å². The van der Waals surface area contributed by atoms with Crippen LogP contribution in [0.5, 0.6) is 5.75 Å². The van der Waals surface area contributed by atoms with Gasteiger partial charge >= 0.3 is 5.97 Å². The molecule has 8 heteroatoms. The van der Waals surface area contributed by atoms with Crippen molar-refractivity contribution in [3.05, 3.63) is 46.6 Å². The van der Waals surface area contributed by atoms with Gasteiger partial charge in [0.15, 0.2) is 0 Å². The summed E-state index contributed by atoms with van der Waals surface area (Å²) in [5, 5.41) is 22.8. The smallest absolute Gasteiger partial charge is 0.339 e. The number of benzene rings is 1. The Morgan fingerprint density at radius 1 is 1.18 bits per heavy atom. The van der Waals surface area contributed by atoms with Crippen LogP contribution in [0.1, 0.15) is 33.9 Å². The van der Waals surface area contributed by atoms with Gasteiger partial charge in [-0.05, 0) is 49.6 Å². The number of carboxylic acids is 1. The van der Waals surface area contributed by atoms with Gasteiger partial charge in [0.25, 0.3) is 0 Å². The fourth-order valence-electron chi connectivity index (χ4n) is 2.89. The number of amides is 1. The fraction of sp³-hybridized carbons (Fsp3) is 0.250. The minimum Gasteiger partial charge on any atom is -0.507 e. The molecule has 144 valence electrons. The van der Waals surface area contributed by atoms with Crippen molar-refractivity contribution in [2.75, 3.05) is 0 Å². The standard InChI is InChI=1S/C20H18N2O4S2/c1-10-18(28-17(22-10)9-21-19(24)11-2-3-11)16-7-6-15(27-16)12-4-5-13(20(25)26)14(23)8-12/h4-8,11,23H,2-3,9H2,1H3,(H,21,24)(H,25,26). The summed E-state index contributed by atoms with van der Waals surface area (Å²) in [4.78, 5) is 30.5. The SMILES string of the molecule is Cc1nc(CNC(=O)C2CC2)sc1-c1ccc(-c2ccc(C(=O)O)c(O)c2)s1. The lowest BCUT2D eigenvalue weighted by Gasteiger charge is -2.02. The first-order valence-electron chi connectivity index (χ1n) is 8.83. The van der Waals surface area contributed by atoms with Gasteiger partial charge in [-0.15, -0.1) is 22.7 Å². The third-order valence-corrected chi connectivity index (χ3v) is 7.02. The molecule has 1 fully saturated rings. The van der Waals surface area contributed by atoms with E-state index < -0.39 is 5.97 Å². The van der Waals surface area contributed by atoms with Crippen LogP contribution in [0.3, 0.4) is 0 Å². The number of aromatic carboxylic acids is 1. The first-order chi connectivity index (χ1) is 13.4. The van der Waals surface area contributed by atoms with Gasteiger partial charge < -0.3 is 15.5 Å². The molecule has 0 radical (unpaired) electrons. The minimum absolute atomic E-state index is 0.109. The molecule has 1 aliphatic rings. The van der Waals surface area contributed by atoms with Crippen molar-refractivity contribution in [3.63, 3.8) is 0 Å². The van der Waals surface area contributed by atoms with Gasteiger partial charge in [0.1, 0.15) is 16.3 Å². The Kier molecular flexibility index (Phi) is 4.91. The van der Waals surface area contributed by atoms with Gasteiger partial charge in [-0.3, -0.25) is 4.79 Å². The number of carbonyl (C=O) groups is 2. The van der Waals surface area contributed by atoms with Gasteiger partial charge in [0.2, 0.25) is 5.91 Å². The van der Waals surface area contributed by atoms with Crippen molar-refractivity contribution in [2.45, 2.75) is 26.3 Å². The normalized spacial score (nSPS) is 13.5. The molecule has 0 unspecified atom stereocenters. The van der Waals surface area contributed by atoms with E-state index in [0.717, 1.165) is 43.7 Å². The lowest BCUT2D eigenvalue weighted by molar-refractivity contribution is -0.122. The molecule has 0 atom stereocenters. The molecule has 2 heterocycles. The van der Waals surface area contributed by atoms with Crippen LogP contribution in [0.2, 0.25) is 0 Å². The summed E-state index contributed by atoms with van der Waals surface area (Å²) < 4.78 is 0. The molecule has 1 amide bonds. The van der Waals surface area contributed by atoms with Gasteiger partial charge in [-0.1, -0.05) is 6.07 Å². The van der Waals surface area contributed by atoms with Crippen molar-refractivity contribution in [1.82, 2.24) is 10.3 Å². The number of phenols is 1. The Bertz CT molecular complexity index is 1070. The van der Waals surface area contributed by atoms with Crippen LogP contribution in [0.15, 0.2) is 30.3 Å². The van der Waals surface area contributed by atoms with Crippen LogP contribution in [-0.2, 0) is 11.3 Å². The highest BCUT2D eigenvalue weighted by atomic mass is 32.1. The van der Waals surface area contributed by atoms with Crippen molar-refractivity contribution < 1.29 is 19.8 Å². The molecule has 3 N–H and O–H groups in total. The number of hydrogen-bond acceptors (Lipinski definition) is 6. The van der Waals surface area contributed by atoms with E-state index in [0.29, 0.717) is 6.54 Å². The highest BCUT2D eigenvalue weighted by Crippen LogP contribution is 2.40. The highest BCUT2D eigenvalue weighted by Gasteiger charge is 2.29. The molecule has 3 aromatic rings. The molecule has 0 spiro atoms. The molecular formula is C20H18N2O4S2. The van der Waals surface area contributed by atoms with Crippen LogP contribution in [0.4, 0.5) is 0 Å². The number of thiophene rings is 1. The number of hydrogen-bond donors (Lipinski definition) is 3. The summed E-state index contributed by atoms with van der Waals surface area (Å²) >= 11 is 3.12. The molecule has 0 bridgehead atoms. The second-order valence-corrected chi connectivity index (χ2v) is 8.88. The molecule has 4 rings (SSSR count). The lowest BCUT2D eigenvalue weighted by atomic mass is 10.1. The molecule has 1 aromatic carbocycles. The van der Waals surface area contributed by atoms with Gasteiger partial charge in [-0.25, -0.2) is 9.78 Å². The van der Waals surface area contributed by atoms with E-state index in [1.807, 2.05) is 19.1 Å². The number of carbonyl (C=O) groups excluding carboxylic acids is 1. The fourth-order valence-corrected chi connectivity index (χ4v) is 5.06. The second kappa shape index (κ2) is 7.37. The molecule has 6 nitrogen and oxygen atoms in total. The molecule has 0 aliphatic heterocycles. The van der Waals surface area contributed by atoms with E-state index in [-0.39, 0.29) is 23.1 Å². The van der Waals surface area contributed by atoms with Crippen LogP contribution < -0.4 is 5.32 Å². The number of nitrogens with one attached hydrogen (secondary N) is 1. The van der Waals surface area contributed by atoms with E-state index in [2.05, 4.69) is 10.3 Å². The Hall–Kier alpha value is -2.71. The Morgan fingerprint density at radius 3 is 2.61 bits per heavy atom. The van der Waals surface area contributed by atoms with E-state index in [1.165, 1.54) is 12.1 Å². The van der Waals surface area contributed by atoms with E-state index in [9.17, 15) is 14.7 Å². The minimum atomic E-state index is -1.16. The van der Waals surface area contributed by atoms with E-state index in [4.69, 9.17) is 5.11 Å². The monoisotopic (exact) mass is 414 g/mol. The maximum Gasteiger partial charge on any atom is 0.339 e. The molecule has 2 aromatic heterocycles. The number of carboxylic acid groups (broad SMARTS) is 1. The van der Waals surface area contributed by atoms with Gasteiger partial charge in [-0.2, -0.15) is 0 Å². The van der Waals surface area contributed by atoms with Crippen molar-refractivity contribution in [2.24, 2.45) is 5.92 Å². The van der Waals surface area contributed by atoms with Crippen molar-refractivity contribution in [3.8, 4) is 25.9 Å². The Morgan fingerprint density at radius 2 is 1.93 bits per heavy atom. The quantitative estimate of drug-likeness (QED) is 0.559. The summed E-state index contributed by atoms with van der Waals surface area (Å²) in [6.45, 7) is 2.40. The maximum absolute atomic E-state index is 11.8. The first kappa shape index (κ1) is 18.6. The van der Waals surface area contributed by atoms with Crippen molar-refractivity contribution in [1.29, 1.82) is 0 Å². The molecule has 1 aliphatic carbocycles. The first-order valence-corrected chi connectivity index (χ1v) is 10.5. The molecule has 0 saturated heterocycles. The Balaban J connectivity index is 1.53. The predicted molar refractivity (Wildman–Crippen MR) is 109 cm³/mol. The third-order valence-electron chi connectivity index (χ3n) is 4.55. The Labute approximate surface area is 169 Å². The molecular weight excluding hydrogens is 396 g/mol. The number of rotatable bonds is 6. The highest BCUT2D eigenvalue weighted by molar-refractivity contribution is 7.23. The summed E-state index contributed by atoms with van der Waals surface area (Å²) in [6.07, 6.45) is 1.96. The molecule has 28 heavy (non-hydrogen) atoms. The van der Waals surface area contributed by atoms with Crippen molar-refractivity contribution >= 4 is 34.6 Å². The zero-order valence-electron chi connectivity index (χ0n) is 15.1. The summed E-state index contributed by atoms with van der Waals surface area (Å²) in [7, 11) is 0. The van der Waals surface area contributed by atoms with Crippen LogP contribution >= 0.6 is 22.7 Å². The second-order valence-electron chi connectivity index (χ2n) is 6.72. The van der Waals surface area contributed by atoms with Crippen LogP contribution in [0.25, 0.3) is 20.2 Å². The number of aromatic nitrogens is 1. The average molecular weight is 415 g/mol. The molecule has 1 saturated carbocycles. The van der Waals surface area contributed by atoms with Gasteiger partial charge in [0, 0.05) is 15.7 Å². The number of aromatic hydroxyl groups is 1. The predicted octanol–water partition coefficient (Wildman–Crippen LogP) is 4.28. The zero-order valence-corrected chi connectivity index (χ0v) is 16.7. The van der Waals surface area contributed by atoms with Gasteiger partial charge in [0.05, 0.1) is 17.1 Å². The summed E-state index contributed by atoms with van der Waals surface area (Å²) in [5.41, 5.74) is 1.56. The number of aryl methyl sites for hydroxylation is 1. The van der Waals surface area contributed by atoms with E-state index >= 15 is 0 Å². The van der Waals surface area contributed by atoms with Crippen LogP contribution in [0, 0.1) is 12.8 Å². The zero-order chi connectivity index (χ0) is 19.8. The lowest BCUT2D eigenvalue weighted by Crippen LogP contribution is -2.23. The van der Waals surface area contributed by atoms with E-state index in [1.54, 1.807) is 28.7 Å².